The second kappa shape index (κ2) is 3.49. The van der Waals surface area contributed by atoms with Crippen LogP contribution in [0, 0.1) is 18.3 Å². The van der Waals surface area contributed by atoms with Gasteiger partial charge in [0.2, 0.25) is 0 Å². The van der Waals surface area contributed by atoms with Gasteiger partial charge in [0, 0.05) is 11.6 Å². The summed E-state index contributed by atoms with van der Waals surface area (Å²) < 4.78 is 7.23. The molecule has 0 spiro atoms. The van der Waals surface area contributed by atoms with E-state index in [4.69, 9.17) is 9.78 Å². The van der Waals surface area contributed by atoms with Crippen LogP contribution < -0.4 is 0 Å². The van der Waals surface area contributed by atoms with E-state index < -0.39 is 0 Å². The second-order valence-electron chi connectivity index (χ2n) is 3.83. The molecule has 0 saturated carbocycles. The number of nitriles is 1. The van der Waals surface area contributed by atoms with Crippen molar-refractivity contribution in [3.8, 4) is 17.3 Å². The monoisotopic (exact) mass is 223 g/mol. The Bertz CT molecular complexity index is 713. The maximum Gasteiger partial charge on any atom is 0.172 e. The van der Waals surface area contributed by atoms with Gasteiger partial charge in [0.25, 0.3) is 0 Å². The first-order chi connectivity index (χ1) is 8.28. The second-order valence-corrected chi connectivity index (χ2v) is 3.83. The molecular formula is C13H9N3O. The molecule has 0 fully saturated rings. The van der Waals surface area contributed by atoms with Crippen LogP contribution in [-0.2, 0) is 0 Å². The quantitative estimate of drug-likeness (QED) is 0.637. The van der Waals surface area contributed by atoms with E-state index in [9.17, 15) is 0 Å². The Balaban J connectivity index is 2.16. The van der Waals surface area contributed by atoms with E-state index in [2.05, 4.69) is 11.1 Å². The Morgan fingerprint density at radius 1 is 1.29 bits per heavy atom. The minimum absolute atomic E-state index is 0.644. The third-order valence-corrected chi connectivity index (χ3v) is 2.62. The molecule has 2 heterocycles. The van der Waals surface area contributed by atoms with E-state index in [1.165, 1.54) is 0 Å². The zero-order valence-electron chi connectivity index (χ0n) is 9.21. The summed E-state index contributed by atoms with van der Waals surface area (Å²) in [5, 5.41) is 8.75. The van der Waals surface area contributed by atoms with Crippen LogP contribution in [0.1, 0.15) is 11.3 Å². The summed E-state index contributed by atoms with van der Waals surface area (Å²) >= 11 is 0. The van der Waals surface area contributed by atoms with Crippen molar-refractivity contribution in [3.63, 3.8) is 0 Å². The molecule has 82 valence electrons. The van der Waals surface area contributed by atoms with Gasteiger partial charge in [-0.25, -0.2) is 4.98 Å². The maximum absolute atomic E-state index is 8.75. The summed E-state index contributed by atoms with van der Waals surface area (Å²) in [7, 11) is 0. The van der Waals surface area contributed by atoms with Gasteiger partial charge >= 0.3 is 0 Å². The Kier molecular flexibility index (Phi) is 1.99. The highest BCUT2D eigenvalue weighted by Crippen LogP contribution is 2.22. The molecule has 0 saturated heterocycles. The number of hydrogen-bond donors (Lipinski definition) is 0. The summed E-state index contributed by atoms with van der Waals surface area (Å²) in [5.41, 5.74) is 3.30. The first-order valence-electron chi connectivity index (χ1n) is 5.23. The normalized spacial score (nSPS) is 10.6. The van der Waals surface area contributed by atoms with Crippen LogP contribution in [0.3, 0.4) is 0 Å². The maximum atomic E-state index is 8.75. The molecular weight excluding hydrogens is 214 g/mol. The molecule has 0 N–H and O–H groups in total. The zero-order chi connectivity index (χ0) is 11.8. The molecule has 4 heteroatoms. The van der Waals surface area contributed by atoms with Crippen molar-refractivity contribution in [2.45, 2.75) is 6.92 Å². The Morgan fingerprint density at radius 2 is 2.06 bits per heavy atom. The highest BCUT2D eigenvalue weighted by atomic mass is 16.5. The first kappa shape index (κ1) is 9.67. The Labute approximate surface area is 97.7 Å². The molecule has 0 aliphatic carbocycles. The van der Waals surface area contributed by atoms with E-state index >= 15 is 0 Å². The molecule has 0 amide bonds. The molecule has 0 aliphatic rings. The lowest BCUT2D eigenvalue weighted by Gasteiger charge is -1.98. The Hall–Kier alpha value is -2.54. The molecule has 0 radical (unpaired) electrons. The number of imidazole rings is 1. The third kappa shape index (κ3) is 1.49. The molecule has 0 aliphatic heterocycles. The van der Waals surface area contributed by atoms with Gasteiger partial charge in [0.05, 0.1) is 17.8 Å². The zero-order valence-corrected chi connectivity index (χ0v) is 9.21. The van der Waals surface area contributed by atoms with Gasteiger partial charge in [-0.15, -0.1) is 0 Å². The smallest absolute Gasteiger partial charge is 0.172 e. The number of hydrogen-bond acceptors (Lipinski definition) is 3. The number of fused-ring (bicyclic) bond motifs is 1. The van der Waals surface area contributed by atoms with Crippen LogP contribution >= 0.6 is 0 Å². The van der Waals surface area contributed by atoms with Crippen LogP contribution in [0.2, 0.25) is 0 Å². The average Bonchev–Trinajstić information content (AvgIpc) is 2.88. The molecule has 17 heavy (non-hydrogen) atoms. The molecule has 3 rings (SSSR count). The van der Waals surface area contributed by atoms with Crippen LogP contribution in [-0.4, -0.2) is 9.56 Å². The van der Waals surface area contributed by atoms with Crippen molar-refractivity contribution in [2.24, 2.45) is 0 Å². The molecule has 2 aromatic heterocycles. The van der Waals surface area contributed by atoms with Crippen molar-refractivity contribution in [1.82, 2.24) is 9.56 Å². The van der Waals surface area contributed by atoms with Crippen LogP contribution in [0.5, 0.6) is 0 Å². The predicted molar refractivity (Wildman–Crippen MR) is 62.3 cm³/mol. The van der Waals surface area contributed by atoms with Gasteiger partial charge < -0.3 is 4.52 Å². The van der Waals surface area contributed by atoms with Crippen molar-refractivity contribution < 1.29 is 4.52 Å². The number of rotatable bonds is 1. The van der Waals surface area contributed by atoms with Gasteiger partial charge in [0.1, 0.15) is 11.5 Å². The number of aryl methyl sites for hydroxylation is 1. The standard InChI is InChI=1S/C13H9N3O/c1-9-6-13-15-8-12(16(13)17-9)11-4-2-10(7-14)3-5-11/h2-6,8H,1H3. The predicted octanol–water partition coefficient (Wildman–Crippen LogP) is 2.77. The van der Waals surface area contributed by atoms with Gasteiger partial charge in [-0.05, 0) is 19.1 Å². The lowest BCUT2D eigenvalue weighted by molar-refractivity contribution is 0.361. The lowest BCUT2D eigenvalue weighted by atomic mass is 10.1. The van der Waals surface area contributed by atoms with Crippen LogP contribution in [0.4, 0.5) is 0 Å². The van der Waals surface area contributed by atoms with E-state index in [1.54, 1.807) is 22.9 Å². The summed E-state index contributed by atoms with van der Waals surface area (Å²) in [6, 6.07) is 11.3. The average molecular weight is 223 g/mol. The fourth-order valence-corrected chi connectivity index (χ4v) is 1.81. The van der Waals surface area contributed by atoms with E-state index in [1.807, 2.05) is 25.1 Å². The minimum atomic E-state index is 0.644. The SMILES string of the molecule is Cc1cc2ncc(-c3ccc(C#N)cc3)n2o1. The van der Waals surface area contributed by atoms with E-state index in [-0.39, 0.29) is 0 Å². The summed E-state index contributed by atoms with van der Waals surface area (Å²) in [6.45, 7) is 1.89. The third-order valence-electron chi connectivity index (χ3n) is 2.62. The van der Waals surface area contributed by atoms with Crippen molar-refractivity contribution >= 4 is 5.65 Å². The van der Waals surface area contributed by atoms with E-state index in [0.29, 0.717) is 5.56 Å². The summed E-state index contributed by atoms with van der Waals surface area (Å²) in [4.78, 5) is 4.26. The van der Waals surface area contributed by atoms with Gasteiger partial charge in [0.15, 0.2) is 5.65 Å². The number of nitrogens with zero attached hydrogens (tertiary/aromatic N) is 3. The summed E-state index contributed by atoms with van der Waals surface area (Å²) in [5.74, 6) is 0.822. The van der Waals surface area contributed by atoms with Gasteiger partial charge in [-0.2, -0.15) is 9.84 Å². The van der Waals surface area contributed by atoms with Crippen LogP contribution in [0.15, 0.2) is 41.1 Å². The van der Waals surface area contributed by atoms with Crippen molar-refractivity contribution in [2.75, 3.05) is 0 Å². The van der Waals surface area contributed by atoms with Crippen molar-refractivity contribution in [1.29, 1.82) is 5.26 Å². The number of aromatic nitrogens is 2. The van der Waals surface area contributed by atoms with Gasteiger partial charge in [-0.1, -0.05) is 12.1 Å². The first-order valence-corrected chi connectivity index (χ1v) is 5.23. The molecule has 0 atom stereocenters. The summed E-state index contributed by atoms with van der Waals surface area (Å²) in [6.07, 6.45) is 1.76. The fourth-order valence-electron chi connectivity index (χ4n) is 1.81. The van der Waals surface area contributed by atoms with Crippen molar-refractivity contribution in [3.05, 3.63) is 47.9 Å². The topological polar surface area (TPSA) is 54.2 Å². The fraction of sp³-hybridized carbons (Fsp3) is 0.0769. The minimum Gasteiger partial charge on any atom is -0.378 e. The highest BCUT2D eigenvalue weighted by Gasteiger charge is 2.09. The highest BCUT2D eigenvalue weighted by molar-refractivity contribution is 5.63. The lowest BCUT2D eigenvalue weighted by Crippen LogP contribution is -1.84. The van der Waals surface area contributed by atoms with Gasteiger partial charge in [-0.3, -0.25) is 0 Å². The largest absolute Gasteiger partial charge is 0.378 e. The van der Waals surface area contributed by atoms with E-state index in [0.717, 1.165) is 22.7 Å². The number of benzene rings is 1. The molecule has 0 bridgehead atoms. The molecule has 0 unspecified atom stereocenters. The van der Waals surface area contributed by atoms with Crippen LogP contribution in [0.25, 0.3) is 16.9 Å². The molecule has 1 aromatic carbocycles. The Morgan fingerprint density at radius 3 is 2.76 bits per heavy atom. The molecule has 3 aromatic rings. The molecule has 4 nitrogen and oxygen atoms in total.